The van der Waals surface area contributed by atoms with E-state index in [0.717, 1.165) is 42.0 Å². The molecule has 0 saturated carbocycles. The van der Waals surface area contributed by atoms with E-state index in [4.69, 9.17) is 5.73 Å². The van der Waals surface area contributed by atoms with E-state index in [1.54, 1.807) is 0 Å². The van der Waals surface area contributed by atoms with Crippen LogP contribution in [0.2, 0.25) is 0 Å². The lowest BCUT2D eigenvalue weighted by atomic mass is 10.00. The second-order valence-corrected chi connectivity index (χ2v) is 6.69. The van der Waals surface area contributed by atoms with E-state index in [9.17, 15) is 4.79 Å². The van der Waals surface area contributed by atoms with Crippen molar-refractivity contribution >= 4 is 35.4 Å². The van der Waals surface area contributed by atoms with Crippen molar-refractivity contribution in [2.24, 2.45) is 0 Å². The van der Waals surface area contributed by atoms with Crippen LogP contribution < -0.4 is 16.0 Å². The second-order valence-electron chi connectivity index (χ2n) is 6.69. The SMILES string of the molecule is CC(C)c1ccc(NC(=O)CN2CCCc3c(N)cccc32)cc1.Cl. The summed E-state index contributed by atoms with van der Waals surface area (Å²) in [5.74, 6) is 0.493. The molecule has 3 rings (SSSR count). The Kier molecular flexibility index (Phi) is 6.32. The number of nitrogens with zero attached hydrogens (tertiary/aromatic N) is 1. The van der Waals surface area contributed by atoms with Gasteiger partial charge in [0.05, 0.1) is 6.54 Å². The zero-order chi connectivity index (χ0) is 17.1. The zero-order valence-corrected chi connectivity index (χ0v) is 15.6. The lowest BCUT2D eigenvalue weighted by Gasteiger charge is -2.31. The van der Waals surface area contributed by atoms with Gasteiger partial charge in [0, 0.05) is 23.6 Å². The number of halogens is 1. The number of carbonyl (C=O) groups is 1. The van der Waals surface area contributed by atoms with Gasteiger partial charge in [-0.25, -0.2) is 0 Å². The molecule has 4 nitrogen and oxygen atoms in total. The first-order chi connectivity index (χ1) is 11.5. The van der Waals surface area contributed by atoms with Crippen molar-refractivity contribution in [2.45, 2.75) is 32.6 Å². The van der Waals surface area contributed by atoms with E-state index in [1.165, 1.54) is 5.56 Å². The number of hydrogen-bond donors (Lipinski definition) is 2. The summed E-state index contributed by atoms with van der Waals surface area (Å²) in [4.78, 5) is 14.5. The lowest BCUT2D eigenvalue weighted by molar-refractivity contribution is -0.115. The highest BCUT2D eigenvalue weighted by atomic mass is 35.5. The van der Waals surface area contributed by atoms with Crippen LogP contribution in [0.4, 0.5) is 17.1 Å². The highest BCUT2D eigenvalue weighted by Crippen LogP contribution is 2.31. The molecule has 1 aliphatic heterocycles. The van der Waals surface area contributed by atoms with Crippen molar-refractivity contribution in [3.8, 4) is 0 Å². The third kappa shape index (κ3) is 4.45. The van der Waals surface area contributed by atoms with E-state index in [2.05, 4.69) is 42.3 Å². The van der Waals surface area contributed by atoms with E-state index < -0.39 is 0 Å². The van der Waals surface area contributed by atoms with Gasteiger partial charge in [0.1, 0.15) is 0 Å². The Morgan fingerprint density at radius 1 is 1.20 bits per heavy atom. The Labute approximate surface area is 155 Å². The Morgan fingerprint density at radius 3 is 2.60 bits per heavy atom. The number of nitrogens with two attached hydrogens (primary N) is 1. The average molecular weight is 360 g/mol. The summed E-state index contributed by atoms with van der Waals surface area (Å²) in [6.45, 7) is 5.55. The molecule has 25 heavy (non-hydrogen) atoms. The van der Waals surface area contributed by atoms with Gasteiger partial charge >= 0.3 is 0 Å². The number of nitrogens with one attached hydrogen (secondary N) is 1. The molecule has 0 radical (unpaired) electrons. The van der Waals surface area contributed by atoms with Crippen molar-refractivity contribution in [3.05, 3.63) is 53.6 Å². The summed E-state index contributed by atoms with van der Waals surface area (Å²) in [6, 6.07) is 14.0. The third-order valence-corrected chi connectivity index (χ3v) is 4.58. The smallest absolute Gasteiger partial charge is 0.243 e. The van der Waals surface area contributed by atoms with Gasteiger partial charge in [-0.1, -0.05) is 32.0 Å². The average Bonchev–Trinajstić information content (AvgIpc) is 2.56. The summed E-state index contributed by atoms with van der Waals surface area (Å²) in [5.41, 5.74) is 11.3. The van der Waals surface area contributed by atoms with Crippen molar-refractivity contribution in [1.29, 1.82) is 0 Å². The molecule has 1 heterocycles. The van der Waals surface area contributed by atoms with Crippen LogP contribution >= 0.6 is 12.4 Å². The van der Waals surface area contributed by atoms with E-state index in [1.807, 2.05) is 24.3 Å². The van der Waals surface area contributed by atoms with Crippen molar-refractivity contribution in [1.82, 2.24) is 0 Å². The Balaban J connectivity index is 0.00000225. The maximum Gasteiger partial charge on any atom is 0.243 e. The highest BCUT2D eigenvalue weighted by Gasteiger charge is 2.20. The lowest BCUT2D eigenvalue weighted by Crippen LogP contribution is -2.37. The summed E-state index contributed by atoms with van der Waals surface area (Å²) < 4.78 is 0. The quantitative estimate of drug-likeness (QED) is 0.804. The molecule has 0 aliphatic carbocycles. The summed E-state index contributed by atoms with van der Waals surface area (Å²) >= 11 is 0. The molecule has 3 N–H and O–H groups in total. The zero-order valence-electron chi connectivity index (χ0n) is 14.8. The molecular formula is C20H26ClN3O. The molecule has 0 spiro atoms. The van der Waals surface area contributed by atoms with Gasteiger partial charge in [0.15, 0.2) is 0 Å². The van der Waals surface area contributed by atoms with Crippen LogP contribution in [0.1, 0.15) is 37.3 Å². The van der Waals surface area contributed by atoms with Gasteiger partial charge in [-0.05, 0) is 54.2 Å². The van der Waals surface area contributed by atoms with Gasteiger partial charge in [-0.2, -0.15) is 0 Å². The first kappa shape index (κ1) is 19.1. The fraction of sp³-hybridized carbons (Fsp3) is 0.350. The van der Waals surface area contributed by atoms with Crippen molar-refractivity contribution in [3.63, 3.8) is 0 Å². The van der Waals surface area contributed by atoms with Crippen molar-refractivity contribution in [2.75, 3.05) is 29.0 Å². The monoisotopic (exact) mass is 359 g/mol. The van der Waals surface area contributed by atoms with Crippen molar-refractivity contribution < 1.29 is 4.79 Å². The number of benzene rings is 2. The number of fused-ring (bicyclic) bond motifs is 1. The number of carbonyl (C=O) groups excluding carboxylic acids is 1. The maximum atomic E-state index is 12.4. The van der Waals surface area contributed by atoms with Crippen LogP contribution in [0, 0.1) is 0 Å². The first-order valence-corrected chi connectivity index (χ1v) is 8.56. The van der Waals surface area contributed by atoms with Crippen LogP contribution in [-0.2, 0) is 11.2 Å². The fourth-order valence-electron chi connectivity index (χ4n) is 3.22. The minimum absolute atomic E-state index is 0. The highest BCUT2D eigenvalue weighted by molar-refractivity contribution is 5.94. The number of anilines is 3. The predicted octanol–water partition coefficient (Wildman–Crippen LogP) is 4.21. The molecule has 0 bridgehead atoms. The molecule has 2 aromatic rings. The number of amides is 1. The first-order valence-electron chi connectivity index (χ1n) is 8.56. The summed E-state index contributed by atoms with van der Waals surface area (Å²) in [7, 11) is 0. The topological polar surface area (TPSA) is 58.4 Å². The van der Waals surface area contributed by atoms with Gasteiger partial charge in [-0.15, -0.1) is 12.4 Å². The molecule has 0 aromatic heterocycles. The van der Waals surface area contributed by atoms with Gasteiger partial charge in [-0.3, -0.25) is 4.79 Å². The Bertz CT molecular complexity index is 728. The number of hydrogen-bond acceptors (Lipinski definition) is 3. The number of rotatable bonds is 4. The standard InChI is InChI=1S/C20H25N3O.ClH/c1-14(2)15-8-10-16(11-9-15)22-20(24)13-23-12-4-5-17-18(21)6-3-7-19(17)23;/h3,6-11,14H,4-5,12-13,21H2,1-2H3,(H,22,24);1H. The van der Waals surface area contributed by atoms with Crippen LogP contribution in [0.25, 0.3) is 0 Å². The molecule has 134 valence electrons. The molecule has 1 aliphatic rings. The van der Waals surface area contributed by atoms with E-state index in [-0.39, 0.29) is 18.3 Å². The molecule has 5 heteroatoms. The van der Waals surface area contributed by atoms with E-state index >= 15 is 0 Å². The minimum Gasteiger partial charge on any atom is -0.398 e. The minimum atomic E-state index is 0. The summed E-state index contributed by atoms with van der Waals surface area (Å²) in [6.07, 6.45) is 2.01. The van der Waals surface area contributed by atoms with Gasteiger partial charge in [0.25, 0.3) is 0 Å². The van der Waals surface area contributed by atoms with Gasteiger partial charge in [0.2, 0.25) is 5.91 Å². The third-order valence-electron chi connectivity index (χ3n) is 4.58. The molecule has 0 fully saturated rings. The van der Waals surface area contributed by atoms with Crippen LogP contribution in [0.5, 0.6) is 0 Å². The molecule has 2 aromatic carbocycles. The summed E-state index contributed by atoms with van der Waals surface area (Å²) in [5, 5.41) is 2.99. The fourth-order valence-corrected chi connectivity index (χ4v) is 3.22. The molecule has 0 saturated heterocycles. The predicted molar refractivity (Wildman–Crippen MR) is 108 cm³/mol. The number of nitrogen functional groups attached to an aromatic ring is 1. The van der Waals surface area contributed by atoms with E-state index in [0.29, 0.717) is 12.5 Å². The second kappa shape index (κ2) is 8.26. The van der Waals surface area contributed by atoms with Crippen LogP contribution in [0.3, 0.4) is 0 Å². The van der Waals surface area contributed by atoms with Crippen LogP contribution in [-0.4, -0.2) is 19.0 Å². The maximum absolute atomic E-state index is 12.4. The Hall–Kier alpha value is -2.20. The normalized spacial score (nSPS) is 13.2. The van der Waals surface area contributed by atoms with Gasteiger partial charge < -0.3 is 16.0 Å². The molecule has 1 amide bonds. The molecule has 0 unspecified atom stereocenters. The largest absolute Gasteiger partial charge is 0.398 e. The van der Waals surface area contributed by atoms with Crippen LogP contribution in [0.15, 0.2) is 42.5 Å². The Morgan fingerprint density at radius 2 is 1.92 bits per heavy atom. The molecular weight excluding hydrogens is 334 g/mol. The molecule has 0 atom stereocenters.